The first-order valence-electron chi connectivity index (χ1n) is 7.45. The lowest BCUT2D eigenvalue weighted by atomic mass is 10.1. The van der Waals surface area contributed by atoms with E-state index in [-0.39, 0.29) is 24.5 Å². The highest BCUT2D eigenvalue weighted by Crippen LogP contribution is 2.29. The number of halogens is 2. The van der Waals surface area contributed by atoms with Crippen LogP contribution in [-0.4, -0.2) is 50.2 Å². The van der Waals surface area contributed by atoms with Crippen molar-refractivity contribution in [3.8, 4) is 0 Å². The second-order valence-corrected chi connectivity index (χ2v) is 8.32. The van der Waals surface area contributed by atoms with Crippen LogP contribution in [0.1, 0.15) is 18.5 Å². The molecule has 3 rings (SSSR count). The third-order valence-corrected chi connectivity index (χ3v) is 6.99. The molecule has 3 atom stereocenters. The van der Waals surface area contributed by atoms with Gasteiger partial charge in [-0.1, -0.05) is 23.7 Å². The summed E-state index contributed by atoms with van der Waals surface area (Å²) in [6.45, 7) is 4.05. The molecule has 0 aliphatic carbocycles. The minimum atomic E-state index is -3.40. The average Bonchev–Trinajstić information content (AvgIpc) is 2.94. The Morgan fingerprint density at radius 2 is 2.09 bits per heavy atom. The van der Waals surface area contributed by atoms with Gasteiger partial charge in [0.25, 0.3) is 0 Å². The molecule has 0 amide bonds. The van der Waals surface area contributed by atoms with Crippen molar-refractivity contribution in [1.82, 2.24) is 20.5 Å². The van der Waals surface area contributed by atoms with Crippen LogP contribution in [0.15, 0.2) is 24.3 Å². The zero-order valence-corrected chi connectivity index (χ0v) is 15.2. The van der Waals surface area contributed by atoms with E-state index in [1.165, 1.54) is 0 Å². The fourth-order valence-corrected chi connectivity index (χ4v) is 5.44. The van der Waals surface area contributed by atoms with Crippen LogP contribution in [0.5, 0.6) is 0 Å². The van der Waals surface area contributed by atoms with Gasteiger partial charge in [0, 0.05) is 37.2 Å². The van der Waals surface area contributed by atoms with Crippen LogP contribution < -0.4 is 16.2 Å². The number of piperazine rings is 1. The second kappa shape index (κ2) is 7.65. The van der Waals surface area contributed by atoms with Crippen molar-refractivity contribution in [2.75, 3.05) is 26.2 Å². The van der Waals surface area contributed by atoms with E-state index in [9.17, 15) is 8.42 Å². The average molecular weight is 381 g/mol. The van der Waals surface area contributed by atoms with Gasteiger partial charge in [0.05, 0.1) is 6.04 Å². The number of hydrogen-bond donors (Lipinski definition) is 3. The molecule has 0 bridgehead atoms. The number of sulfonamides is 1. The van der Waals surface area contributed by atoms with Crippen LogP contribution in [0.3, 0.4) is 0 Å². The van der Waals surface area contributed by atoms with Crippen molar-refractivity contribution in [1.29, 1.82) is 0 Å². The molecule has 2 heterocycles. The van der Waals surface area contributed by atoms with Gasteiger partial charge in [0.2, 0.25) is 10.0 Å². The first-order chi connectivity index (χ1) is 10.5. The Kier molecular flexibility index (Phi) is 6.29. The monoisotopic (exact) mass is 380 g/mol. The largest absolute Gasteiger partial charge is 0.313 e. The molecular weight excluding hydrogens is 359 g/mol. The summed E-state index contributed by atoms with van der Waals surface area (Å²) in [6.07, 6.45) is 0. The van der Waals surface area contributed by atoms with Gasteiger partial charge in [-0.2, -0.15) is 4.31 Å². The van der Waals surface area contributed by atoms with Crippen LogP contribution in [-0.2, 0) is 10.0 Å². The van der Waals surface area contributed by atoms with Gasteiger partial charge in [0.15, 0.2) is 0 Å². The number of nitrogens with one attached hydrogen (secondary N) is 3. The molecule has 0 aromatic heterocycles. The molecular formula is C14H22Cl2N4O2S. The van der Waals surface area contributed by atoms with E-state index < -0.39 is 15.3 Å². The molecule has 0 radical (unpaired) electrons. The molecule has 3 N–H and O–H groups in total. The molecule has 9 heteroatoms. The lowest BCUT2D eigenvalue weighted by molar-refractivity contribution is 0.268. The van der Waals surface area contributed by atoms with E-state index >= 15 is 0 Å². The Labute approximate surface area is 148 Å². The quantitative estimate of drug-likeness (QED) is 0.726. The second-order valence-electron chi connectivity index (χ2n) is 5.78. The van der Waals surface area contributed by atoms with Crippen LogP contribution in [0.2, 0.25) is 5.02 Å². The minimum absolute atomic E-state index is 0. The Bertz CT molecular complexity index is 643. The first kappa shape index (κ1) is 18.9. The van der Waals surface area contributed by atoms with Crippen molar-refractivity contribution in [2.45, 2.75) is 24.3 Å². The van der Waals surface area contributed by atoms with E-state index in [2.05, 4.69) is 16.2 Å². The van der Waals surface area contributed by atoms with Gasteiger partial charge < -0.3 is 5.32 Å². The molecule has 6 nitrogen and oxygen atoms in total. The Morgan fingerprint density at radius 3 is 2.74 bits per heavy atom. The van der Waals surface area contributed by atoms with Crippen LogP contribution >= 0.6 is 24.0 Å². The predicted octanol–water partition coefficient (Wildman–Crippen LogP) is 0.903. The molecule has 2 aliphatic rings. The molecule has 1 aromatic carbocycles. The highest BCUT2D eigenvalue weighted by molar-refractivity contribution is 7.89. The molecule has 23 heavy (non-hydrogen) atoms. The van der Waals surface area contributed by atoms with E-state index in [4.69, 9.17) is 11.6 Å². The first-order valence-corrected chi connectivity index (χ1v) is 9.33. The van der Waals surface area contributed by atoms with Crippen molar-refractivity contribution >= 4 is 34.0 Å². The third-order valence-electron chi connectivity index (χ3n) is 4.33. The van der Waals surface area contributed by atoms with Crippen molar-refractivity contribution < 1.29 is 8.42 Å². The number of rotatable bonds is 3. The SMILES string of the molecule is CC1NNCC1S(=O)(=O)N1CCNCC1c1cccc(Cl)c1.Cl. The highest BCUT2D eigenvalue weighted by Gasteiger charge is 2.42. The van der Waals surface area contributed by atoms with Gasteiger partial charge >= 0.3 is 0 Å². The fourth-order valence-electron chi connectivity index (χ4n) is 3.12. The van der Waals surface area contributed by atoms with E-state index in [0.717, 1.165) is 5.56 Å². The van der Waals surface area contributed by atoms with Crippen LogP contribution in [0.4, 0.5) is 0 Å². The lowest BCUT2D eigenvalue weighted by Gasteiger charge is -2.37. The summed E-state index contributed by atoms with van der Waals surface area (Å²) in [5, 5.41) is 3.45. The van der Waals surface area contributed by atoms with E-state index in [0.29, 0.717) is 31.2 Å². The van der Waals surface area contributed by atoms with Crippen molar-refractivity contribution in [2.24, 2.45) is 0 Å². The summed E-state index contributed by atoms with van der Waals surface area (Å²) in [5.74, 6) is 0. The maximum Gasteiger partial charge on any atom is 0.220 e. The summed E-state index contributed by atoms with van der Waals surface area (Å²) in [4.78, 5) is 0. The minimum Gasteiger partial charge on any atom is -0.313 e. The highest BCUT2D eigenvalue weighted by atomic mass is 35.5. The van der Waals surface area contributed by atoms with Gasteiger partial charge in [-0.3, -0.25) is 10.9 Å². The van der Waals surface area contributed by atoms with E-state index in [1.807, 2.05) is 25.1 Å². The molecule has 0 saturated carbocycles. The van der Waals surface area contributed by atoms with Crippen molar-refractivity contribution in [3.05, 3.63) is 34.9 Å². The summed E-state index contributed by atoms with van der Waals surface area (Å²) < 4.78 is 27.7. The third kappa shape index (κ3) is 3.82. The van der Waals surface area contributed by atoms with Gasteiger partial charge in [-0.25, -0.2) is 8.42 Å². The molecule has 2 aliphatic heterocycles. The molecule has 1 aromatic rings. The maximum absolute atomic E-state index is 13.1. The summed E-state index contributed by atoms with van der Waals surface area (Å²) in [5.41, 5.74) is 6.85. The smallest absolute Gasteiger partial charge is 0.220 e. The summed E-state index contributed by atoms with van der Waals surface area (Å²) in [6, 6.07) is 7.10. The van der Waals surface area contributed by atoms with Crippen LogP contribution in [0.25, 0.3) is 0 Å². The maximum atomic E-state index is 13.1. The van der Waals surface area contributed by atoms with Crippen LogP contribution in [0, 0.1) is 0 Å². The van der Waals surface area contributed by atoms with Gasteiger partial charge in [0.1, 0.15) is 5.25 Å². The number of nitrogens with zero attached hydrogens (tertiary/aromatic N) is 1. The molecule has 3 unspecified atom stereocenters. The number of hydrogen-bond acceptors (Lipinski definition) is 5. The topological polar surface area (TPSA) is 73.5 Å². The molecule has 2 saturated heterocycles. The lowest BCUT2D eigenvalue weighted by Crippen LogP contribution is -2.53. The fraction of sp³-hybridized carbons (Fsp3) is 0.571. The standard InChI is InChI=1S/C14H21ClN4O2S.ClH/c1-10-14(9-17-18-10)22(20,21)19-6-5-16-8-13(19)11-3-2-4-12(15)7-11;/h2-4,7,10,13-14,16-18H,5-6,8-9H2,1H3;1H. The molecule has 2 fully saturated rings. The molecule has 0 spiro atoms. The van der Waals surface area contributed by atoms with E-state index in [1.54, 1.807) is 10.4 Å². The Morgan fingerprint density at radius 1 is 1.30 bits per heavy atom. The predicted molar refractivity (Wildman–Crippen MR) is 94.3 cm³/mol. The Balaban J connectivity index is 0.00000192. The van der Waals surface area contributed by atoms with Gasteiger partial charge in [-0.05, 0) is 24.6 Å². The number of hydrazine groups is 1. The Hall–Kier alpha value is -0.410. The zero-order valence-electron chi connectivity index (χ0n) is 12.8. The summed E-state index contributed by atoms with van der Waals surface area (Å²) >= 11 is 6.07. The summed E-state index contributed by atoms with van der Waals surface area (Å²) in [7, 11) is -3.40. The number of benzene rings is 1. The normalized spacial score (nSPS) is 29.2. The molecule has 130 valence electrons. The van der Waals surface area contributed by atoms with Gasteiger partial charge in [-0.15, -0.1) is 12.4 Å². The van der Waals surface area contributed by atoms with Crippen molar-refractivity contribution in [3.63, 3.8) is 0 Å². The zero-order chi connectivity index (χ0) is 15.7.